The quantitative estimate of drug-likeness (QED) is 0.881. The van der Waals surface area contributed by atoms with Gasteiger partial charge in [-0.05, 0) is 0 Å². The lowest BCUT2D eigenvalue weighted by Gasteiger charge is -2.00. The summed E-state index contributed by atoms with van der Waals surface area (Å²) in [5.41, 5.74) is 0. The van der Waals surface area contributed by atoms with Gasteiger partial charge in [-0.3, -0.25) is 4.79 Å². The summed E-state index contributed by atoms with van der Waals surface area (Å²) in [5.74, 6) is -0.110. The Morgan fingerprint density at radius 1 is 1.27 bits per heavy atom. The first-order valence-corrected chi connectivity index (χ1v) is 6.18. The van der Waals surface area contributed by atoms with Crippen molar-refractivity contribution in [2.24, 2.45) is 0 Å². The first-order valence-electron chi connectivity index (χ1n) is 4.42. The molecule has 0 radical (unpaired) electrons. The standard InChI is InChI=1S/C9H9N3OS2/c13-8(9-12-4-6-15-9)11-2-1-7-10-3-5-14-7/h3-6H,1-2H2,(H,11,13). The van der Waals surface area contributed by atoms with Gasteiger partial charge >= 0.3 is 0 Å². The van der Waals surface area contributed by atoms with Crippen LogP contribution < -0.4 is 5.32 Å². The number of carbonyl (C=O) groups is 1. The van der Waals surface area contributed by atoms with E-state index in [0.717, 1.165) is 11.4 Å². The highest BCUT2D eigenvalue weighted by Crippen LogP contribution is 2.05. The van der Waals surface area contributed by atoms with E-state index in [1.54, 1.807) is 29.1 Å². The number of carbonyl (C=O) groups excluding carboxylic acids is 1. The van der Waals surface area contributed by atoms with E-state index in [9.17, 15) is 4.79 Å². The lowest BCUT2D eigenvalue weighted by atomic mass is 10.4. The molecule has 0 saturated heterocycles. The number of nitrogens with one attached hydrogen (secondary N) is 1. The molecule has 0 aromatic carbocycles. The van der Waals surface area contributed by atoms with Crippen LogP contribution in [0.3, 0.4) is 0 Å². The molecule has 0 spiro atoms. The summed E-state index contributed by atoms with van der Waals surface area (Å²) in [7, 11) is 0. The average Bonchev–Trinajstić information content (AvgIpc) is 2.90. The minimum Gasteiger partial charge on any atom is -0.350 e. The third-order valence-corrected chi connectivity index (χ3v) is 3.35. The van der Waals surface area contributed by atoms with Gasteiger partial charge in [0.15, 0.2) is 5.01 Å². The summed E-state index contributed by atoms with van der Waals surface area (Å²) in [5, 5.41) is 8.06. The predicted molar refractivity (Wildman–Crippen MR) is 60.3 cm³/mol. The minimum atomic E-state index is -0.110. The van der Waals surface area contributed by atoms with Gasteiger partial charge in [0.25, 0.3) is 5.91 Å². The van der Waals surface area contributed by atoms with Crippen molar-refractivity contribution in [3.05, 3.63) is 33.2 Å². The summed E-state index contributed by atoms with van der Waals surface area (Å²) in [6.45, 7) is 0.603. The zero-order valence-electron chi connectivity index (χ0n) is 7.84. The molecular weight excluding hydrogens is 230 g/mol. The molecule has 0 fully saturated rings. The molecule has 1 N–H and O–H groups in total. The summed E-state index contributed by atoms with van der Waals surface area (Å²) >= 11 is 2.94. The molecule has 4 nitrogen and oxygen atoms in total. The van der Waals surface area contributed by atoms with E-state index in [0.29, 0.717) is 11.6 Å². The Balaban J connectivity index is 1.77. The molecule has 0 bridgehead atoms. The van der Waals surface area contributed by atoms with E-state index < -0.39 is 0 Å². The molecule has 2 heterocycles. The van der Waals surface area contributed by atoms with Crippen LogP contribution in [0.4, 0.5) is 0 Å². The summed E-state index contributed by atoms with van der Waals surface area (Å²) in [4.78, 5) is 19.5. The van der Waals surface area contributed by atoms with Crippen LogP contribution >= 0.6 is 22.7 Å². The smallest absolute Gasteiger partial charge is 0.280 e. The van der Waals surface area contributed by atoms with Crippen LogP contribution in [0.5, 0.6) is 0 Å². The Bertz CT molecular complexity index is 411. The molecular formula is C9H9N3OS2. The lowest BCUT2D eigenvalue weighted by molar-refractivity contribution is 0.0954. The Hall–Kier alpha value is -1.27. The lowest BCUT2D eigenvalue weighted by Crippen LogP contribution is -2.25. The molecule has 0 unspecified atom stereocenters. The Morgan fingerprint density at radius 3 is 2.73 bits per heavy atom. The number of amides is 1. The number of thiazole rings is 2. The number of nitrogens with zero attached hydrogens (tertiary/aromatic N) is 2. The molecule has 0 aliphatic carbocycles. The van der Waals surface area contributed by atoms with Crippen molar-refractivity contribution in [1.82, 2.24) is 15.3 Å². The molecule has 2 rings (SSSR count). The highest BCUT2D eigenvalue weighted by molar-refractivity contribution is 7.11. The highest BCUT2D eigenvalue weighted by atomic mass is 32.1. The number of hydrogen-bond acceptors (Lipinski definition) is 5. The second kappa shape index (κ2) is 4.99. The Morgan fingerprint density at radius 2 is 2.07 bits per heavy atom. The van der Waals surface area contributed by atoms with Crippen molar-refractivity contribution in [3.63, 3.8) is 0 Å². The van der Waals surface area contributed by atoms with Crippen LogP contribution in [0.2, 0.25) is 0 Å². The topological polar surface area (TPSA) is 54.9 Å². The second-order valence-corrected chi connectivity index (χ2v) is 4.64. The number of rotatable bonds is 4. The summed E-state index contributed by atoms with van der Waals surface area (Å²) in [6.07, 6.45) is 4.16. The molecule has 0 atom stereocenters. The average molecular weight is 239 g/mol. The second-order valence-electron chi connectivity index (χ2n) is 2.77. The van der Waals surface area contributed by atoms with Crippen LogP contribution in [0.1, 0.15) is 14.8 Å². The predicted octanol–water partition coefficient (Wildman–Crippen LogP) is 1.57. The van der Waals surface area contributed by atoms with Gasteiger partial charge in [-0.2, -0.15) is 0 Å². The van der Waals surface area contributed by atoms with Gasteiger partial charge in [0.05, 0.1) is 5.01 Å². The maximum atomic E-state index is 11.5. The molecule has 0 aliphatic heterocycles. The molecule has 2 aromatic rings. The Labute approximate surface area is 95.0 Å². The van der Waals surface area contributed by atoms with Crippen molar-refractivity contribution < 1.29 is 4.79 Å². The zero-order valence-corrected chi connectivity index (χ0v) is 9.48. The van der Waals surface area contributed by atoms with Crippen LogP contribution in [0, 0.1) is 0 Å². The maximum absolute atomic E-state index is 11.5. The molecule has 2 aromatic heterocycles. The monoisotopic (exact) mass is 239 g/mol. The van der Waals surface area contributed by atoms with E-state index >= 15 is 0 Å². The van der Waals surface area contributed by atoms with Crippen LogP contribution in [-0.2, 0) is 6.42 Å². The van der Waals surface area contributed by atoms with Crippen LogP contribution in [0.15, 0.2) is 23.2 Å². The van der Waals surface area contributed by atoms with Gasteiger partial charge in [0.2, 0.25) is 0 Å². The molecule has 0 saturated carbocycles. The van der Waals surface area contributed by atoms with Crippen LogP contribution in [-0.4, -0.2) is 22.4 Å². The Kier molecular flexibility index (Phi) is 3.41. The van der Waals surface area contributed by atoms with E-state index in [1.807, 2.05) is 5.38 Å². The summed E-state index contributed by atoms with van der Waals surface area (Å²) < 4.78 is 0. The molecule has 0 aliphatic rings. The van der Waals surface area contributed by atoms with Gasteiger partial charge in [0.1, 0.15) is 0 Å². The van der Waals surface area contributed by atoms with Crippen molar-refractivity contribution in [2.75, 3.05) is 6.54 Å². The van der Waals surface area contributed by atoms with Crippen molar-refractivity contribution in [1.29, 1.82) is 0 Å². The summed E-state index contributed by atoms with van der Waals surface area (Å²) in [6, 6.07) is 0. The fourth-order valence-electron chi connectivity index (χ4n) is 1.07. The van der Waals surface area contributed by atoms with Gasteiger partial charge in [-0.25, -0.2) is 9.97 Å². The third kappa shape index (κ3) is 2.84. The highest BCUT2D eigenvalue weighted by Gasteiger charge is 2.06. The number of aromatic nitrogens is 2. The van der Waals surface area contributed by atoms with Gasteiger partial charge in [-0.1, -0.05) is 0 Å². The van der Waals surface area contributed by atoms with Crippen molar-refractivity contribution in [3.8, 4) is 0 Å². The van der Waals surface area contributed by atoms with E-state index in [1.165, 1.54) is 11.3 Å². The van der Waals surface area contributed by atoms with E-state index in [4.69, 9.17) is 0 Å². The van der Waals surface area contributed by atoms with Gasteiger partial charge in [-0.15, -0.1) is 22.7 Å². The normalized spacial score (nSPS) is 10.1. The first kappa shape index (κ1) is 10.3. The molecule has 78 valence electrons. The molecule has 15 heavy (non-hydrogen) atoms. The fourth-order valence-corrected chi connectivity index (χ4v) is 2.24. The first-order chi connectivity index (χ1) is 7.36. The molecule has 1 amide bonds. The fraction of sp³-hybridized carbons (Fsp3) is 0.222. The SMILES string of the molecule is O=C(NCCc1nccs1)c1nccs1. The van der Waals surface area contributed by atoms with E-state index in [2.05, 4.69) is 15.3 Å². The third-order valence-electron chi connectivity index (χ3n) is 1.73. The van der Waals surface area contributed by atoms with Crippen molar-refractivity contribution in [2.45, 2.75) is 6.42 Å². The van der Waals surface area contributed by atoms with Crippen LogP contribution in [0.25, 0.3) is 0 Å². The van der Waals surface area contributed by atoms with Crippen molar-refractivity contribution >= 4 is 28.6 Å². The zero-order chi connectivity index (χ0) is 10.5. The number of hydrogen-bond donors (Lipinski definition) is 1. The van der Waals surface area contributed by atoms with Gasteiger partial charge < -0.3 is 5.32 Å². The van der Waals surface area contributed by atoms with E-state index in [-0.39, 0.29) is 5.91 Å². The largest absolute Gasteiger partial charge is 0.350 e. The van der Waals surface area contributed by atoms with Gasteiger partial charge in [0, 0.05) is 36.1 Å². The minimum absolute atomic E-state index is 0.110. The maximum Gasteiger partial charge on any atom is 0.280 e. The molecule has 6 heteroatoms.